The third kappa shape index (κ3) is 2.99. The van der Waals surface area contributed by atoms with Gasteiger partial charge in [0.1, 0.15) is 5.69 Å². The number of rotatable bonds is 5. The van der Waals surface area contributed by atoms with Crippen LogP contribution in [0.4, 0.5) is 5.13 Å². The van der Waals surface area contributed by atoms with Gasteiger partial charge in [-0.3, -0.25) is 10.1 Å². The lowest BCUT2D eigenvalue weighted by Crippen LogP contribution is -2.12. The molecule has 1 aliphatic rings. The van der Waals surface area contributed by atoms with E-state index in [0.717, 1.165) is 10.7 Å². The molecule has 1 aliphatic carbocycles. The first-order chi connectivity index (χ1) is 9.26. The summed E-state index contributed by atoms with van der Waals surface area (Å²) in [6.45, 7) is 0.547. The Morgan fingerprint density at radius 2 is 2.21 bits per heavy atom. The first-order valence-electron chi connectivity index (χ1n) is 6.17. The second-order valence-electron chi connectivity index (χ2n) is 4.47. The molecule has 0 bridgehead atoms. The molecule has 2 aromatic rings. The Morgan fingerprint density at radius 1 is 1.37 bits per heavy atom. The van der Waals surface area contributed by atoms with Gasteiger partial charge in [0.2, 0.25) is 0 Å². The normalized spacial score (nSPS) is 14.6. The highest BCUT2D eigenvalue weighted by atomic mass is 32.1. The van der Waals surface area contributed by atoms with Gasteiger partial charge in [-0.1, -0.05) is 0 Å². The van der Waals surface area contributed by atoms with Crippen LogP contribution in [0.1, 0.15) is 39.9 Å². The lowest BCUT2D eigenvalue weighted by molar-refractivity contribution is 0.102. The average molecular weight is 294 g/mol. The first-order valence-corrected chi connectivity index (χ1v) is 7.93. The largest absolute Gasteiger partial charge is 0.330 e. The third-order valence-corrected chi connectivity index (χ3v) is 4.57. The van der Waals surface area contributed by atoms with Gasteiger partial charge >= 0.3 is 0 Å². The fraction of sp³-hybridized carbons (Fsp3) is 0.417. The molecule has 5 nitrogen and oxygen atoms in total. The number of nitrogens with two attached hydrogens (primary N) is 1. The summed E-state index contributed by atoms with van der Waals surface area (Å²) in [6, 6.07) is 0. The van der Waals surface area contributed by atoms with E-state index in [-0.39, 0.29) is 5.91 Å². The van der Waals surface area contributed by atoms with Gasteiger partial charge in [0.05, 0.1) is 10.7 Å². The highest BCUT2D eigenvalue weighted by molar-refractivity contribution is 7.14. The van der Waals surface area contributed by atoms with Crippen LogP contribution in [0.15, 0.2) is 10.8 Å². The molecule has 1 saturated carbocycles. The number of carbonyl (C=O) groups excluding carboxylic acids is 1. The lowest BCUT2D eigenvalue weighted by Gasteiger charge is -1.97. The second kappa shape index (κ2) is 5.36. The molecule has 100 valence electrons. The number of anilines is 1. The highest BCUT2D eigenvalue weighted by Crippen LogP contribution is 2.40. The lowest BCUT2D eigenvalue weighted by atomic mass is 10.3. The minimum Gasteiger partial charge on any atom is -0.330 e. The van der Waals surface area contributed by atoms with Gasteiger partial charge in [0, 0.05) is 23.1 Å². The summed E-state index contributed by atoms with van der Waals surface area (Å²) < 4.78 is 0. The number of carbonyl (C=O) groups is 1. The van der Waals surface area contributed by atoms with Crippen molar-refractivity contribution in [1.29, 1.82) is 0 Å². The molecule has 3 rings (SSSR count). The summed E-state index contributed by atoms with van der Waals surface area (Å²) in [6.07, 6.45) is 3.14. The zero-order chi connectivity index (χ0) is 13.2. The van der Waals surface area contributed by atoms with Crippen LogP contribution in [-0.2, 0) is 6.42 Å². The predicted molar refractivity (Wildman–Crippen MR) is 76.9 cm³/mol. The van der Waals surface area contributed by atoms with Gasteiger partial charge in [-0.05, 0) is 19.4 Å². The quantitative estimate of drug-likeness (QED) is 0.886. The molecule has 1 amide bonds. The van der Waals surface area contributed by atoms with Crippen molar-refractivity contribution in [1.82, 2.24) is 9.97 Å². The first kappa shape index (κ1) is 12.7. The van der Waals surface area contributed by atoms with Crippen LogP contribution in [0.2, 0.25) is 0 Å². The summed E-state index contributed by atoms with van der Waals surface area (Å²) in [5.74, 6) is 0.411. The number of hydrogen-bond acceptors (Lipinski definition) is 6. The number of thiazole rings is 2. The molecule has 7 heteroatoms. The highest BCUT2D eigenvalue weighted by Gasteiger charge is 2.26. The maximum Gasteiger partial charge on any atom is 0.276 e. The molecule has 19 heavy (non-hydrogen) atoms. The molecule has 0 saturated heterocycles. The van der Waals surface area contributed by atoms with Crippen molar-refractivity contribution in [3.8, 4) is 0 Å². The maximum absolute atomic E-state index is 12.0. The standard InChI is InChI=1S/C12H14N4OS2/c13-4-3-10-14-9(6-18-10)11(17)16-12-15-8(5-19-12)7-1-2-7/h5-7H,1-4,13H2,(H,15,16,17). The molecule has 1 fully saturated rings. The Labute approximate surface area is 118 Å². The predicted octanol–water partition coefficient (Wildman–Crippen LogP) is 2.23. The molecular formula is C12H14N4OS2. The van der Waals surface area contributed by atoms with E-state index in [4.69, 9.17) is 5.73 Å². The Balaban J connectivity index is 1.65. The Bertz CT molecular complexity index is 588. The van der Waals surface area contributed by atoms with Crippen molar-refractivity contribution in [3.05, 3.63) is 27.2 Å². The van der Waals surface area contributed by atoms with Crippen molar-refractivity contribution in [3.63, 3.8) is 0 Å². The summed E-state index contributed by atoms with van der Waals surface area (Å²) in [7, 11) is 0. The summed E-state index contributed by atoms with van der Waals surface area (Å²) in [5, 5.41) is 8.13. The van der Waals surface area contributed by atoms with E-state index in [2.05, 4.69) is 15.3 Å². The number of amides is 1. The molecule has 0 aliphatic heterocycles. The number of nitrogens with zero attached hydrogens (tertiary/aromatic N) is 2. The van der Waals surface area contributed by atoms with E-state index < -0.39 is 0 Å². The van der Waals surface area contributed by atoms with E-state index in [1.165, 1.54) is 35.5 Å². The van der Waals surface area contributed by atoms with Gasteiger partial charge in [-0.2, -0.15) is 0 Å². The second-order valence-corrected chi connectivity index (χ2v) is 6.27. The smallest absolute Gasteiger partial charge is 0.276 e. The Hall–Kier alpha value is -1.31. The van der Waals surface area contributed by atoms with E-state index in [0.29, 0.717) is 29.7 Å². The summed E-state index contributed by atoms with van der Waals surface area (Å²) >= 11 is 2.93. The summed E-state index contributed by atoms with van der Waals surface area (Å²) in [4.78, 5) is 20.7. The molecule has 2 aromatic heterocycles. The molecule has 3 N–H and O–H groups in total. The van der Waals surface area contributed by atoms with Crippen LogP contribution in [0.3, 0.4) is 0 Å². The summed E-state index contributed by atoms with van der Waals surface area (Å²) in [5.41, 5.74) is 7.00. The Morgan fingerprint density at radius 3 is 2.95 bits per heavy atom. The van der Waals surface area contributed by atoms with Crippen LogP contribution >= 0.6 is 22.7 Å². The van der Waals surface area contributed by atoms with Gasteiger partial charge in [0.25, 0.3) is 5.91 Å². The van der Waals surface area contributed by atoms with Crippen LogP contribution in [0.25, 0.3) is 0 Å². The van der Waals surface area contributed by atoms with Crippen LogP contribution < -0.4 is 11.1 Å². The number of hydrogen-bond donors (Lipinski definition) is 2. The molecule has 0 atom stereocenters. The zero-order valence-electron chi connectivity index (χ0n) is 10.3. The van der Waals surface area contributed by atoms with Crippen molar-refractivity contribution in [2.24, 2.45) is 5.73 Å². The molecule has 0 unspecified atom stereocenters. The van der Waals surface area contributed by atoms with Crippen LogP contribution in [0.5, 0.6) is 0 Å². The SMILES string of the molecule is NCCc1nc(C(=O)Nc2nc(C3CC3)cs2)cs1. The van der Waals surface area contributed by atoms with Crippen molar-refractivity contribution >= 4 is 33.7 Å². The monoisotopic (exact) mass is 294 g/mol. The van der Waals surface area contributed by atoms with Gasteiger partial charge in [0.15, 0.2) is 5.13 Å². The van der Waals surface area contributed by atoms with E-state index >= 15 is 0 Å². The minimum absolute atomic E-state index is 0.198. The number of aromatic nitrogens is 2. The number of nitrogens with one attached hydrogen (secondary N) is 1. The minimum atomic E-state index is -0.198. The molecule has 0 aromatic carbocycles. The topological polar surface area (TPSA) is 80.9 Å². The van der Waals surface area contributed by atoms with Crippen LogP contribution in [-0.4, -0.2) is 22.4 Å². The van der Waals surface area contributed by atoms with Gasteiger partial charge in [-0.25, -0.2) is 9.97 Å². The molecular weight excluding hydrogens is 280 g/mol. The maximum atomic E-state index is 12.0. The van der Waals surface area contributed by atoms with Crippen LogP contribution in [0, 0.1) is 0 Å². The third-order valence-electron chi connectivity index (χ3n) is 2.88. The fourth-order valence-corrected chi connectivity index (χ4v) is 3.31. The zero-order valence-corrected chi connectivity index (χ0v) is 11.9. The average Bonchev–Trinajstić information content (AvgIpc) is 2.96. The molecule has 2 heterocycles. The van der Waals surface area contributed by atoms with Crippen molar-refractivity contribution < 1.29 is 4.79 Å². The fourth-order valence-electron chi connectivity index (χ4n) is 1.72. The van der Waals surface area contributed by atoms with E-state index in [9.17, 15) is 4.79 Å². The van der Waals surface area contributed by atoms with Crippen molar-refractivity contribution in [2.75, 3.05) is 11.9 Å². The molecule has 0 radical (unpaired) electrons. The van der Waals surface area contributed by atoms with E-state index in [1.54, 1.807) is 5.38 Å². The van der Waals surface area contributed by atoms with Gasteiger partial charge < -0.3 is 5.73 Å². The van der Waals surface area contributed by atoms with E-state index in [1.807, 2.05) is 5.38 Å². The molecule has 0 spiro atoms. The Kier molecular flexibility index (Phi) is 3.58. The van der Waals surface area contributed by atoms with Gasteiger partial charge in [-0.15, -0.1) is 22.7 Å². The van der Waals surface area contributed by atoms with Crippen molar-refractivity contribution in [2.45, 2.75) is 25.2 Å².